The summed E-state index contributed by atoms with van der Waals surface area (Å²) in [5, 5.41) is 3.37. The van der Waals surface area contributed by atoms with Crippen molar-refractivity contribution in [1.82, 2.24) is 19.9 Å². The van der Waals surface area contributed by atoms with Gasteiger partial charge < -0.3 is 10.3 Å². The van der Waals surface area contributed by atoms with Crippen molar-refractivity contribution in [2.75, 3.05) is 6.54 Å². The summed E-state index contributed by atoms with van der Waals surface area (Å²) in [5.74, 6) is -0.646. The summed E-state index contributed by atoms with van der Waals surface area (Å²) in [6, 6.07) is 14.3. The molecule has 6 nitrogen and oxygen atoms in total. The van der Waals surface area contributed by atoms with Crippen LogP contribution in [-0.2, 0) is 17.8 Å². The van der Waals surface area contributed by atoms with Gasteiger partial charge in [0.05, 0.1) is 6.33 Å². The van der Waals surface area contributed by atoms with Gasteiger partial charge in [0.25, 0.3) is 5.56 Å². The van der Waals surface area contributed by atoms with Gasteiger partial charge in [0.1, 0.15) is 23.4 Å². The van der Waals surface area contributed by atoms with E-state index in [0.29, 0.717) is 23.0 Å². The predicted octanol–water partition coefficient (Wildman–Crippen LogP) is 2.77. The van der Waals surface area contributed by atoms with Gasteiger partial charge in [-0.05, 0) is 36.6 Å². The number of benzene rings is 2. The highest BCUT2D eigenvalue weighted by Gasteiger charge is 2.13. The first-order valence-electron chi connectivity index (χ1n) is 9.09. The molecule has 4 aromatic rings. The molecular weight excluding hydrogens is 359 g/mol. The van der Waals surface area contributed by atoms with Gasteiger partial charge in [-0.15, -0.1) is 0 Å². The summed E-state index contributed by atoms with van der Waals surface area (Å²) in [5.41, 5.74) is 2.15. The van der Waals surface area contributed by atoms with Crippen LogP contribution in [0.3, 0.4) is 0 Å². The number of carbonyl (C=O) groups is 1. The largest absolute Gasteiger partial charge is 0.355 e. The van der Waals surface area contributed by atoms with E-state index in [1.807, 2.05) is 18.2 Å². The van der Waals surface area contributed by atoms with Crippen molar-refractivity contribution in [2.24, 2.45) is 0 Å². The van der Waals surface area contributed by atoms with Crippen LogP contribution in [0.1, 0.15) is 12.0 Å². The lowest BCUT2D eigenvalue weighted by atomic mass is 10.1. The van der Waals surface area contributed by atoms with Crippen molar-refractivity contribution < 1.29 is 9.18 Å². The number of carbonyl (C=O) groups excluding carboxylic acids is 1. The molecule has 0 radical (unpaired) electrons. The number of halogens is 1. The molecule has 0 fully saturated rings. The smallest absolute Gasteiger partial charge is 0.278 e. The zero-order valence-electron chi connectivity index (χ0n) is 15.1. The third-order valence-corrected chi connectivity index (χ3v) is 4.66. The van der Waals surface area contributed by atoms with Gasteiger partial charge in [0, 0.05) is 17.4 Å². The highest BCUT2D eigenvalue weighted by Crippen LogP contribution is 2.21. The average Bonchev–Trinajstić information content (AvgIpc) is 3.07. The quantitative estimate of drug-likeness (QED) is 0.507. The zero-order chi connectivity index (χ0) is 19.5. The van der Waals surface area contributed by atoms with E-state index in [4.69, 9.17) is 0 Å². The Morgan fingerprint density at radius 1 is 1.18 bits per heavy atom. The summed E-state index contributed by atoms with van der Waals surface area (Å²) >= 11 is 0. The van der Waals surface area contributed by atoms with Crippen LogP contribution in [0.2, 0.25) is 0 Å². The average molecular weight is 378 g/mol. The molecule has 0 aliphatic rings. The molecule has 0 unspecified atom stereocenters. The van der Waals surface area contributed by atoms with E-state index < -0.39 is 5.82 Å². The van der Waals surface area contributed by atoms with Crippen LogP contribution < -0.4 is 10.9 Å². The Balaban J connectivity index is 1.42. The van der Waals surface area contributed by atoms with Crippen LogP contribution in [0.15, 0.2) is 59.7 Å². The van der Waals surface area contributed by atoms with Gasteiger partial charge in [0.2, 0.25) is 5.91 Å². The second-order valence-corrected chi connectivity index (χ2v) is 6.66. The van der Waals surface area contributed by atoms with Crippen LogP contribution in [0, 0.1) is 5.82 Å². The molecule has 2 aromatic heterocycles. The van der Waals surface area contributed by atoms with E-state index in [9.17, 15) is 14.0 Å². The first kappa shape index (κ1) is 17.9. The van der Waals surface area contributed by atoms with Crippen molar-refractivity contribution in [3.8, 4) is 0 Å². The number of amides is 1. The number of H-pyrrole nitrogens is 1. The topological polar surface area (TPSA) is 79.8 Å². The molecule has 0 saturated carbocycles. The number of fused-ring (bicyclic) bond motifs is 3. The normalized spacial score (nSPS) is 11.2. The Morgan fingerprint density at radius 3 is 2.82 bits per heavy atom. The SMILES string of the molecule is O=C(Cn1cnc2c([nH]c3ccc(F)cc32)c1=O)NCCCc1ccccc1. The lowest BCUT2D eigenvalue weighted by Crippen LogP contribution is -2.33. The Kier molecular flexibility index (Phi) is 4.89. The van der Waals surface area contributed by atoms with Gasteiger partial charge in [-0.3, -0.25) is 14.2 Å². The van der Waals surface area contributed by atoms with E-state index in [0.717, 1.165) is 12.8 Å². The van der Waals surface area contributed by atoms with Crippen molar-refractivity contribution in [2.45, 2.75) is 19.4 Å². The summed E-state index contributed by atoms with van der Waals surface area (Å²) in [4.78, 5) is 32.0. The molecule has 0 saturated heterocycles. The second-order valence-electron chi connectivity index (χ2n) is 6.66. The van der Waals surface area contributed by atoms with Crippen molar-refractivity contribution in [3.05, 3.63) is 76.6 Å². The van der Waals surface area contributed by atoms with Crippen LogP contribution in [0.5, 0.6) is 0 Å². The van der Waals surface area contributed by atoms with Crippen LogP contribution in [0.25, 0.3) is 21.9 Å². The van der Waals surface area contributed by atoms with Crippen molar-refractivity contribution in [3.63, 3.8) is 0 Å². The first-order valence-corrected chi connectivity index (χ1v) is 9.09. The van der Waals surface area contributed by atoms with Gasteiger partial charge in [0.15, 0.2) is 0 Å². The molecule has 7 heteroatoms. The Morgan fingerprint density at radius 2 is 2.00 bits per heavy atom. The fourth-order valence-electron chi connectivity index (χ4n) is 3.25. The van der Waals surface area contributed by atoms with Gasteiger partial charge >= 0.3 is 0 Å². The third-order valence-electron chi connectivity index (χ3n) is 4.66. The standard InChI is InChI=1S/C21H19FN4O2/c22-15-8-9-17-16(11-15)19-20(25-17)21(28)26(13-24-19)12-18(27)23-10-4-7-14-5-2-1-3-6-14/h1-3,5-6,8-9,11,13,25H,4,7,10,12H2,(H,23,27). The number of hydrogen-bond donors (Lipinski definition) is 2. The summed E-state index contributed by atoms with van der Waals surface area (Å²) in [7, 11) is 0. The van der Waals surface area contributed by atoms with Gasteiger partial charge in [-0.25, -0.2) is 9.37 Å². The van der Waals surface area contributed by atoms with E-state index in [2.05, 4.69) is 27.4 Å². The van der Waals surface area contributed by atoms with Gasteiger partial charge in [-0.2, -0.15) is 0 Å². The van der Waals surface area contributed by atoms with Crippen molar-refractivity contribution in [1.29, 1.82) is 0 Å². The molecule has 0 atom stereocenters. The number of nitrogens with one attached hydrogen (secondary N) is 2. The molecule has 2 aromatic carbocycles. The number of aryl methyl sites for hydroxylation is 1. The minimum absolute atomic E-state index is 0.114. The van der Waals surface area contributed by atoms with E-state index >= 15 is 0 Å². The second kappa shape index (κ2) is 7.64. The third kappa shape index (κ3) is 3.64. The number of hydrogen-bond acceptors (Lipinski definition) is 3. The van der Waals surface area contributed by atoms with E-state index in [1.165, 1.54) is 28.6 Å². The van der Waals surface area contributed by atoms with E-state index in [1.54, 1.807) is 6.07 Å². The minimum atomic E-state index is -0.394. The molecule has 4 rings (SSSR count). The molecule has 2 heterocycles. The fraction of sp³-hybridized carbons (Fsp3) is 0.190. The molecule has 1 amide bonds. The summed E-state index contributed by atoms with van der Waals surface area (Å²) < 4.78 is 14.7. The van der Waals surface area contributed by atoms with Gasteiger partial charge in [-0.1, -0.05) is 30.3 Å². The monoisotopic (exact) mass is 378 g/mol. The number of rotatable bonds is 6. The Bertz CT molecular complexity index is 1200. The number of aromatic nitrogens is 3. The summed E-state index contributed by atoms with van der Waals surface area (Å²) in [6.07, 6.45) is 3.02. The van der Waals surface area contributed by atoms with Crippen molar-refractivity contribution >= 4 is 27.8 Å². The highest BCUT2D eigenvalue weighted by molar-refractivity contribution is 6.04. The Labute approximate surface area is 160 Å². The molecular formula is C21H19FN4O2. The zero-order valence-corrected chi connectivity index (χ0v) is 15.1. The molecule has 0 aliphatic carbocycles. The van der Waals surface area contributed by atoms with E-state index in [-0.39, 0.29) is 23.5 Å². The lowest BCUT2D eigenvalue weighted by Gasteiger charge is -2.07. The first-order chi connectivity index (χ1) is 13.6. The lowest BCUT2D eigenvalue weighted by molar-refractivity contribution is -0.121. The Hall–Kier alpha value is -3.48. The highest BCUT2D eigenvalue weighted by atomic mass is 19.1. The molecule has 0 spiro atoms. The predicted molar refractivity (Wildman–Crippen MR) is 106 cm³/mol. The van der Waals surface area contributed by atoms with Crippen LogP contribution >= 0.6 is 0 Å². The number of aromatic amines is 1. The molecule has 0 aliphatic heterocycles. The maximum absolute atomic E-state index is 13.5. The number of nitrogens with zero attached hydrogens (tertiary/aromatic N) is 2. The minimum Gasteiger partial charge on any atom is -0.355 e. The fourth-order valence-corrected chi connectivity index (χ4v) is 3.25. The van der Waals surface area contributed by atoms with Crippen LogP contribution in [0.4, 0.5) is 4.39 Å². The maximum Gasteiger partial charge on any atom is 0.278 e. The summed E-state index contributed by atoms with van der Waals surface area (Å²) in [6.45, 7) is 0.417. The molecule has 2 N–H and O–H groups in total. The van der Waals surface area contributed by atoms with Crippen LogP contribution in [-0.4, -0.2) is 27.0 Å². The maximum atomic E-state index is 13.5. The molecule has 0 bridgehead atoms. The molecule has 142 valence electrons. The molecule has 28 heavy (non-hydrogen) atoms.